The van der Waals surface area contributed by atoms with Crippen LogP contribution in [-0.2, 0) is 0 Å². The highest BCUT2D eigenvalue weighted by atomic mass is 35.5. The van der Waals surface area contributed by atoms with E-state index in [4.69, 9.17) is 34.8 Å². The molecule has 88 valence electrons. The number of H-pyrrole nitrogens is 1. The van der Waals surface area contributed by atoms with Crippen molar-refractivity contribution in [3.63, 3.8) is 0 Å². The van der Waals surface area contributed by atoms with Gasteiger partial charge in [-0.1, -0.05) is 34.8 Å². The summed E-state index contributed by atoms with van der Waals surface area (Å²) in [6.45, 7) is 0. The van der Waals surface area contributed by atoms with Gasteiger partial charge in [0.05, 0.1) is 20.6 Å². The van der Waals surface area contributed by atoms with Crippen molar-refractivity contribution >= 4 is 34.8 Å². The molecule has 0 amide bonds. The fourth-order valence-corrected chi connectivity index (χ4v) is 2.15. The minimum Gasteiger partial charge on any atom is -0.364 e. The Kier molecular flexibility index (Phi) is 3.43. The van der Waals surface area contributed by atoms with Crippen molar-refractivity contribution in [2.24, 2.45) is 0 Å². The third-order valence-corrected chi connectivity index (χ3v) is 3.33. The van der Waals surface area contributed by atoms with Crippen LogP contribution in [0.4, 0.5) is 4.39 Å². The quantitative estimate of drug-likeness (QED) is 0.787. The van der Waals surface area contributed by atoms with Crippen LogP contribution in [0.15, 0.2) is 29.3 Å². The highest BCUT2D eigenvalue weighted by molar-refractivity contribution is 6.46. The lowest BCUT2D eigenvalue weighted by Gasteiger charge is -2.07. The van der Waals surface area contributed by atoms with Gasteiger partial charge in [0.15, 0.2) is 5.82 Å². The van der Waals surface area contributed by atoms with Gasteiger partial charge in [-0.15, -0.1) is 0 Å². The van der Waals surface area contributed by atoms with Crippen LogP contribution in [0.25, 0.3) is 11.1 Å². The van der Waals surface area contributed by atoms with Gasteiger partial charge in [-0.05, 0) is 12.1 Å². The summed E-state index contributed by atoms with van der Waals surface area (Å²) in [6, 6.07) is 3.00. The molecule has 1 aromatic heterocycles. The molecule has 0 aliphatic carbocycles. The van der Waals surface area contributed by atoms with Crippen molar-refractivity contribution in [2.45, 2.75) is 0 Å². The zero-order chi connectivity index (χ0) is 12.6. The maximum atomic E-state index is 13.2. The monoisotopic (exact) mass is 291 g/mol. The predicted octanol–water partition coefficient (Wildman–Crippen LogP) is 4.14. The molecule has 17 heavy (non-hydrogen) atoms. The summed E-state index contributed by atoms with van der Waals surface area (Å²) in [5, 5.41) is 0.598. The molecule has 0 bridgehead atoms. The van der Waals surface area contributed by atoms with E-state index in [-0.39, 0.29) is 26.2 Å². The molecule has 0 spiro atoms. The van der Waals surface area contributed by atoms with E-state index in [0.717, 1.165) is 6.20 Å². The number of hydrogen-bond acceptors (Lipinski definition) is 1. The number of rotatable bonds is 1. The van der Waals surface area contributed by atoms with E-state index in [2.05, 4.69) is 4.98 Å². The molecule has 2 rings (SSSR count). The van der Waals surface area contributed by atoms with Gasteiger partial charge in [0.1, 0.15) is 0 Å². The molecule has 0 saturated heterocycles. The zero-order valence-corrected chi connectivity index (χ0v) is 10.5. The summed E-state index contributed by atoms with van der Waals surface area (Å²) in [5.74, 6) is -0.908. The Morgan fingerprint density at radius 3 is 2.41 bits per heavy atom. The molecule has 2 nitrogen and oxygen atoms in total. The van der Waals surface area contributed by atoms with Crippen molar-refractivity contribution in [3.05, 3.63) is 55.6 Å². The summed E-state index contributed by atoms with van der Waals surface area (Å²) in [4.78, 5) is 14.1. The van der Waals surface area contributed by atoms with E-state index >= 15 is 0 Å². The third kappa shape index (κ3) is 2.18. The number of pyridine rings is 1. The summed E-state index contributed by atoms with van der Waals surface area (Å²) in [7, 11) is 0. The van der Waals surface area contributed by atoms with Crippen molar-refractivity contribution < 1.29 is 4.39 Å². The summed E-state index contributed by atoms with van der Waals surface area (Å²) >= 11 is 17.7. The molecule has 0 aliphatic heterocycles. The molecule has 0 atom stereocenters. The van der Waals surface area contributed by atoms with Gasteiger partial charge in [-0.2, -0.15) is 0 Å². The molecule has 0 fully saturated rings. The second kappa shape index (κ2) is 4.69. The lowest BCUT2D eigenvalue weighted by molar-refractivity contribution is 0.612. The van der Waals surface area contributed by atoms with Crippen LogP contribution < -0.4 is 5.43 Å². The maximum Gasteiger partial charge on any atom is 0.225 e. The van der Waals surface area contributed by atoms with Gasteiger partial charge in [-0.3, -0.25) is 4.79 Å². The van der Waals surface area contributed by atoms with Crippen molar-refractivity contribution in [3.8, 4) is 11.1 Å². The summed E-state index contributed by atoms with van der Waals surface area (Å²) in [6.07, 6.45) is 2.28. The standard InChI is InChI=1S/C11H5Cl3FNO/c12-6-1-2-7(13)10(14)9(6)5-3-16-4-8(15)11(5)17/h1-4H,(H,16,17). The molecule has 0 radical (unpaired) electrons. The van der Waals surface area contributed by atoms with Crippen LogP contribution >= 0.6 is 34.8 Å². The average molecular weight is 293 g/mol. The highest BCUT2D eigenvalue weighted by Gasteiger charge is 2.16. The van der Waals surface area contributed by atoms with Gasteiger partial charge < -0.3 is 4.98 Å². The second-order valence-electron chi connectivity index (χ2n) is 3.26. The van der Waals surface area contributed by atoms with E-state index in [1.807, 2.05) is 0 Å². The van der Waals surface area contributed by atoms with Crippen LogP contribution in [0.2, 0.25) is 15.1 Å². The molecule has 1 heterocycles. The topological polar surface area (TPSA) is 32.9 Å². The maximum absolute atomic E-state index is 13.2. The van der Waals surface area contributed by atoms with Crippen molar-refractivity contribution in [2.75, 3.05) is 0 Å². The smallest absolute Gasteiger partial charge is 0.225 e. The Bertz CT molecular complexity index is 639. The normalized spacial score (nSPS) is 10.6. The molecule has 6 heteroatoms. The first kappa shape index (κ1) is 12.4. The molecule has 0 unspecified atom stereocenters. The lowest BCUT2D eigenvalue weighted by atomic mass is 10.1. The number of aromatic amines is 1. The minimum absolute atomic E-state index is 0.0440. The predicted molar refractivity (Wildman–Crippen MR) is 67.5 cm³/mol. The summed E-state index contributed by atoms with van der Waals surface area (Å²) in [5.41, 5.74) is -0.515. The largest absolute Gasteiger partial charge is 0.364 e. The molecule has 1 N–H and O–H groups in total. The van der Waals surface area contributed by atoms with Crippen molar-refractivity contribution in [1.82, 2.24) is 4.98 Å². The molecular formula is C11H5Cl3FNO. The van der Waals surface area contributed by atoms with Crippen molar-refractivity contribution in [1.29, 1.82) is 0 Å². The van der Waals surface area contributed by atoms with Gasteiger partial charge in [0.25, 0.3) is 0 Å². The number of benzene rings is 1. The molecule has 0 saturated carbocycles. The SMILES string of the molecule is O=c1c(F)c[nH]cc1-c1c(Cl)ccc(Cl)c1Cl. The first-order valence-electron chi connectivity index (χ1n) is 4.53. The Balaban J connectivity index is 2.82. The number of aromatic nitrogens is 1. The fraction of sp³-hybridized carbons (Fsp3) is 0. The number of halogens is 4. The second-order valence-corrected chi connectivity index (χ2v) is 4.46. The molecule has 1 aromatic carbocycles. The van der Waals surface area contributed by atoms with Gasteiger partial charge in [0.2, 0.25) is 5.43 Å². The Hall–Kier alpha value is -1.03. The number of hydrogen-bond donors (Lipinski definition) is 1. The average Bonchev–Trinajstić information content (AvgIpc) is 2.30. The third-order valence-electron chi connectivity index (χ3n) is 2.21. The van der Waals surface area contributed by atoms with Crippen LogP contribution in [-0.4, -0.2) is 4.98 Å². The number of nitrogens with one attached hydrogen (secondary N) is 1. The van der Waals surface area contributed by atoms with Crippen LogP contribution in [0, 0.1) is 5.82 Å². The first-order valence-corrected chi connectivity index (χ1v) is 5.66. The highest BCUT2D eigenvalue weighted by Crippen LogP contribution is 2.37. The van der Waals surface area contributed by atoms with E-state index in [1.54, 1.807) is 0 Å². The van der Waals surface area contributed by atoms with E-state index in [0.29, 0.717) is 0 Å². The van der Waals surface area contributed by atoms with E-state index < -0.39 is 11.2 Å². The van der Waals surface area contributed by atoms with E-state index in [1.165, 1.54) is 18.3 Å². The lowest BCUT2D eigenvalue weighted by Crippen LogP contribution is -2.10. The van der Waals surface area contributed by atoms with Crippen LogP contribution in [0.1, 0.15) is 0 Å². The molecule has 2 aromatic rings. The van der Waals surface area contributed by atoms with Crippen LogP contribution in [0.3, 0.4) is 0 Å². The van der Waals surface area contributed by atoms with Gasteiger partial charge >= 0.3 is 0 Å². The Labute approximate surface area is 111 Å². The van der Waals surface area contributed by atoms with Crippen LogP contribution in [0.5, 0.6) is 0 Å². The Morgan fingerprint density at radius 2 is 1.71 bits per heavy atom. The summed E-state index contributed by atoms with van der Waals surface area (Å²) < 4.78 is 13.2. The zero-order valence-electron chi connectivity index (χ0n) is 8.23. The molecule has 0 aliphatic rings. The molecular weight excluding hydrogens is 287 g/mol. The first-order chi connectivity index (χ1) is 8.02. The van der Waals surface area contributed by atoms with Gasteiger partial charge in [-0.25, -0.2) is 4.39 Å². The Morgan fingerprint density at radius 1 is 1.06 bits per heavy atom. The van der Waals surface area contributed by atoms with E-state index in [9.17, 15) is 9.18 Å². The van der Waals surface area contributed by atoms with Gasteiger partial charge in [0, 0.05) is 18.0 Å². The fourth-order valence-electron chi connectivity index (χ4n) is 1.42. The minimum atomic E-state index is -0.908.